The van der Waals surface area contributed by atoms with Crippen molar-refractivity contribution in [3.63, 3.8) is 0 Å². The first kappa shape index (κ1) is 18.3. The third-order valence-corrected chi connectivity index (χ3v) is 3.86. The topological polar surface area (TPSA) is 125 Å². The predicted octanol–water partition coefficient (Wildman–Crippen LogP) is 2.12. The Morgan fingerprint density at radius 3 is 2.42 bits per heavy atom. The van der Waals surface area contributed by atoms with Gasteiger partial charge in [-0.15, -0.1) is 0 Å². The van der Waals surface area contributed by atoms with Crippen LogP contribution in [0.1, 0.15) is 45.3 Å². The first-order valence-electron chi connectivity index (χ1n) is 7.82. The monoisotopic (exact) mass is 356 g/mol. The van der Waals surface area contributed by atoms with Gasteiger partial charge in [0.1, 0.15) is 16.4 Å². The quantitative estimate of drug-likeness (QED) is 0.697. The lowest BCUT2D eigenvalue weighted by molar-refractivity contribution is 0.0184. The minimum absolute atomic E-state index is 0.0607. The highest BCUT2D eigenvalue weighted by atomic mass is 35.5. The average molecular weight is 357 g/mol. The third kappa shape index (κ3) is 4.25. The molecule has 0 aromatic carbocycles. The molecule has 0 radical (unpaired) electrons. The van der Waals surface area contributed by atoms with E-state index in [1.807, 2.05) is 20.8 Å². The number of hydrogen-bond acceptors (Lipinski definition) is 6. The normalized spacial score (nSPS) is 17.2. The van der Waals surface area contributed by atoms with E-state index >= 15 is 0 Å². The fraction of sp³-hybridized carbons (Fsp3) is 0.600. The lowest BCUT2D eigenvalue weighted by Crippen LogP contribution is -2.42. The van der Waals surface area contributed by atoms with Crippen molar-refractivity contribution in [2.24, 2.45) is 5.73 Å². The van der Waals surface area contributed by atoms with E-state index in [4.69, 9.17) is 33.5 Å². The van der Waals surface area contributed by atoms with Crippen molar-refractivity contribution in [1.82, 2.24) is 14.7 Å². The Balaban J connectivity index is 2.09. The fourth-order valence-corrected chi connectivity index (χ4v) is 2.75. The number of nitrogens with two attached hydrogens (primary N) is 3. The van der Waals surface area contributed by atoms with Crippen LogP contribution in [-0.4, -0.2) is 39.5 Å². The Hall–Kier alpha value is -2.09. The molecule has 134 valence electrons. The van der Waals surface area contributed by atoms with E-state index in [1.165, 1.54) is 0 Å². The van der Waals surface area contributed by atoms with Gasteiger partial charge in [0, 0.05) is 19.2 Å². The molecule has 1 aliphatic heterocycles. The van der Waals surface area contributed by atoms with Gasteiger partial charge in [0.25, 0.3) is 0 Å². The first-order valence-corrected chi connectivity index (χ1v) is 8.20. The van der Waals surface area contributed by atoms with Crippen molar-refractivity contribution in [1.29, 1.82) is 0 Å². The lowest BCUT2D eigenvalue weighted by Gasteiger charge is -2.33. The molecule has 0 unspecified atom stereocenters. The van der Waals surface area contributed by atoms with Crippen molar-refractivity contribution in [2.45, 2.75) is 45.3 Å². The summed E-state index contributed by atoms with van der Waals surface area (Å²) in [5, 5.41) is 4.40. The van der Waals surface area contributed by atoms with Gasteiger partial charge in [0.2, 0.25) is 0 Å². The van der Waals surface area contributed by atoms with Crippen LogP contribution >= 0.6 is 11.6 Å². The zero-order chi connectivity index (χ0) is 18.1. The van der Waals surface area contributed by atoms with Crippen LogP contribution in [0.3, 0.4) is 0 Å². The summed E-state index contributed by atoms with van der Waals surface area (Å²) in [5.74, 6) is 0.244. The molecular formula is C15H25ClN6O2. The Kier molecular flexibility index (Phi) is 5.17. The van der Waals surface area contributed by atoms with Crippen LogP contribution in [0.2, 0.25) is 0 Å². The van der Waals surface area contributed by atoms with E-state index in [1.54, 1.807) is 15.7 Å². The highest BCUT2D eigenvalue weighted by Gasteiger charge is 2.29. The van der Waals surface area contributed by atoms with Gasteiger partial charge in [-0.1, -0.05) is 11.6 Å². The molecular weight excluding hydrogens is 332 g/mol. The largest absolute Gasteiger partial charge is 0.444 e. The number of rotatable bonds is 2. The van der Waals surface area contributed by atoms with Gasteiger partial charge < -0.3 is 26.8 Å². The van der Waals surface area contributed by atoms with E-state index < -0.39 is 5.60 Å². The molecule has 2 rings (SSSR count). The van der Waals surface area contributed by atoms with E-state index in [0.717, 1.165) is 0 Å². The van der Waals surface area contributed by atoms with E-state index in [0.29, 0.717) is 37.3 Å². The van der Waals surface area contributed by atoms with Crippen molar-refractivity contribution < 1.29 is 9.53 Å². The summed E-state index contributed by atoms with van der Waals surface area (Å²) < 4.78 is 7.14. The van der Waals surface area contributed by atoms with E-state index in [-0.39, 0.29) is 23.1 Å². The SMILES string of the molecule is CC(C)(C)OC(=O)N1CCC(n2nc(N)c(N)c2/C=C(\N)Cl)CC1. The summed E-state index contributed by atoms with van der Waals surface area (Å²) in [7, 11) is 0. The number of halogens is 1. The number of hydrogen-bond donors (Lipinski definition) is 3. The van der Waals surface area contributed by atoms with Crippen molar-refractivity contribution in [2.75, 3.05) is 24.6 Å². The molecule has 1 aliphatic rings. The van der Waals surface area contributed by atoms with Crippen LogP contribution in [0.25, 0.3) is 6.08 Å². The zero-order valence-corrected chi connectivity index (χ0v) is 15.0. The second-order valence-electron chi connectivity index (χ2n) is 6.86. The van der Waals surface area contributed by atoms with Crippen molar-refractivity contribution in [3.05, 3.63) is 10.9 Å². The molecule has 8 nitrogen and oxygen atoms in total. The van der Waals surface area contributed by atoms with Gasteiger partial charge in [0.05, 0.1) is 11.7 Å². The van der Waals surface area contributed by atoms with Crippen LogP contribution < -0.4 is 17.2 Å². The number of nitrogen functional groups attached to an aromatic ring is 2. The minimum Gasteiger partial charge on any atom is -0.444 e. The molecule has 1 fully saturated rings. The Bertz CT molecular complexity index is 637. The Morgan fingerprint density at radius 1 is 1.33 bits per heavy atom. The standard InChI is InChI=1S/C15H25ClN6O2/c1-15(2,3)24-14(23)21-6-4-9(5-7-21)22-10(8-11(16)17)12(18)13(19)20-22/h8-9H,4-7,17-18H2,1-3H3,(H2,19,20)/b11-8-. The molecule has 1 saturated heterocycles. The Labute approximate surface area is 146 Å². The number of amides is 1. The molecule has 9 heteroatoms. The minimum atomic E-state index is -0.505. The summed E-state index contributed by atoms with van der Waals surface area (Å²) in [6, 6.07) is 0.0607. The molecule has 0 aliphatic carbocycles. The van der Waals surface area contributed by atoms with Gasteiger partial charge in [-0.2, -0.15) is 5.10 Å². The van der Waals surface area contributed by atoms with Gasteiger partial charge >= 0.3 is 6.09 Å². The van der Waals surface area contributed by atoms with E-state index in [9.17, 15) is 4.79 Å². The van der Waals surface area contributed by atoms with Gasteiger partial charge in [-0.3, -0.25) is 4.68 Å². The molecule has 0 bridgehead atoms. The fourth-order valence-electron chi connectivity index (χ4n) is 2.65. The summed E-state index contributed by atoms with van der Waals surface area (Å²) in [4.78, 5) is 13.8. The van der Waals surface area contributed by atoms with Gasteiger partial charge in [0.15, 0.2) is 5.82 Å². The molecule has 0 atom stereocenters. The molecule has 24 heavy (non-hydrogen) atoms. The highest BCUT2D eigenvalue weighted by molar-refractivity contribution is 6.31. The summed E-state index contributed by atoms with van der Waals surface area (Å²) in [6.45, 7) is 6.68. The number of ether oxygens (including phenoxy) is 1. The second kappa shape index (κ2) is 6.80. The molecule has 6 N–H and O–H groups in total. The maximum absolute atomic E-state index is 12.1. The molecule has 0 saturated carbocycles. The maximum atomic E-state index is 12.1. The number of piperidine rings is 1. The maximum Gasteiger partial charge on any atom is 0.410 e. The summed E-state index contributed by atoms with van der Waals surface area (Å²) in [5.41, 5.74) is 17.7. The highest BCUT2D eigenvalue weighted by Crippen LogP contribution is 2.30. The predicted molar refractivity (Wildman–Crippen MR) is 95.1 cm³/mol. The molecule has 2 heterocycles. The number of aromatic nitrogens is 2. The number of carbonyl (C=O) groups is 1. The number of carbonyl (C=O) groups excluding carboxylic acids is 1. The van der Waals surface area contributed by atoms with Crippen LogP contribution in [-0.2, 0) is 4.74 Å². The third-order valence-electron chi connectivity index (χ3n) is 3.75. The van der Waals surface area contributed by atoms with Gasteiger partial charge in [-0.25, -0.2) is 4.79 Å². The lowest BCUT2D eigenvalue weighted by atomic mass is 10.1. The second-order valence-corrected chi connectivity index (χ2v) is 7.29. The number of likely N-dealkylation sites (tertiary alicyclic amines) is 1. The van der Waals surface area contributed by atoms with Crippen LogP contribution in [0, 0.1) is 0 Å². The smallest absolute Gasteiger partial charge is 0.410 e. The first-order chi connectivity index (χ1) is 11.1. The summed E-state index contributed by atoms with van der Waals surface area (Å²) >= 11 is 5.76. The average Bonchev–Trinajstić information content (AvgIpc) is 2.73. The zero-order valence-electron chi connectivity index (χ0n) is 14.3. The Morgan fingerprint density at radius 2 is 1.92 bits per heavy atom. The molecule has 0 spiro atoms. The van der Waals surface area contributed by atoms with Gasteiger partial charge in [-0.05, 0) is 33.6 Å². The number of anilines is 2. The van der Waals surface area contributed by atoms with Crippen molar-refractivity contribution in [3.8, 4) is 0 Å². The van der Waals surface area contributed by atoms with Crippen LogP contribution in [0.4, 0.5) is 16.3 Å². The van der Waals surface area contributed by atoms with E-state index in [2.05, 4.69) is 5.10 Å². The summed E-state index contributed by atoms with van der Waals surface area (Å²) in [6.07, 6.45) is 2.66. The molecule has 1 aromatic heterocycles. The van der Waals surface area contributed by atoms with Crippen LogP contribution in [0.5, 0.6) is 0 Å². The molecule has 1 amide bonds. The molecule has 1 aromatic rings. The van der Waals surface area contributed by atoms with Crippen molar-refractivity contribution >= 4 is 35.3 Å². The van der Waals surface area contributed by atoms with Crippen LogP contribution in [0.15, 0.2) is 5.16 Å². The number of nitrogens with zero attached hydrogens (tertiary/aromatic N) is 3.